The van der Waals surface area contributed by atoms with Crippen molar-refractivity contribution in [2.75, 3.05) is 0 Å². The van der Waals surface area contributed by atoms with Crippen molar-refractivity contribution in [2.45, 2.75) is 31.7 Å². The van der Waals surface area contributed by atoms with E-state index in [2.05, 4.69) is 38.8 Å². The third kappa shape index (κ3) is 1.66. The molecule has 98 valence electrons. The van der Waals surface area contributed by atoms with Crippen LogP contribution in [0.5, 0.6) is 0 Å². The first-order chi connectivity index (χ1) is 9.15. The molecule has 2 unspecified atom stereocenters. The average Bonchev–Trinajstić information content (AvgIpc) is 3.08. The third-order valence-electron chi connectivity index (χ3n) is 4.40. The van der Waals surface area contributed by atoms with Gasteiger partial charge in [-0.1, -0.05) is 15.9 Å². The van der Waals surface area contributed by atoms with Gasteiger partial charge in [0.15, 0.2) is 0 Å². The predicted octanol–water partition coefficient (Wildman–Crippen LogP) is 3.54. The summed E-state index contributed by atoms with van der Waals surface area (Å²) in [6.07, 6.45) is 5.26. The highest BCUT2D eigenvalue weighted by molar-refractivity contribution is 9.10. The number of hydrogen-bond donors (Lipinski definition) is 1. The molecular formula is C15H14BrNO2. The number of carbonyl (C=O) groups is 1. The number of benzene rings is 1. The molecule has 4 heteroatoms. The van der Waals surface area contributed by atoms with Crippen molar-refractivity contribution in [1.29, 1.82) is 0 Å². The first kappa shape index (κ1) is 11.5. The summed E-state index contributed by atoms with van der Waals surface area (Å²) in [5.41, 5.74) is 3.93. The van der Waals surface area contributed by atoms with Crippen LogP contribution >= 0.6 is 15.9 Å². The summed E-state index contributed by atoms with van der Waals surface area (Å²) >= 11 is 3.58. The van der Waals surface area contributed by atoms with Gasteiger partial charge in [-0.15, -0.1) is 0 Å². The number of rotatable bonds is 2. The topological polar surface area (TPSA) is 42.2 Å². The van der Waals surface area contributed by atoms with Gasteiger partial charge in [-0.05, 0) is 42.5 Å². The molecule has 1 fully saturated rings. The number of carboxylic acids is 1. The van der Waals surface area contributed by atoms with Gasteiger partial charge in [0, 0.05) is 28.5 Å². The first-order valence-electron chi connectivity index (χ1n) is 6.69. The van der Waals surface area contributed by atoms with Gasteiger partial charge in [0.1, 0.15) is 0 Å². The van der Waals surface area contributed by atoms with Crippen molar-refractivity contribution in [3.05, 3.63) is 33.9 Å². The molecule has 0 spiro atoms. The second-order valence-electron chi connectivity index (χ2n) is 5.63. The van der Waals surface area contributed by atoms with E-state index in [-0.39, 0.29) is 11.8 Å². The standard InChI is InChI=1S/C15H14BrNO2/c16-9-4-8-2-1-3-17-7-13(11(5-9)14(8)17)10-6-12(10)15(18)19/h4-5,7,10,12H,1-3,6H2,(H,18,19). The van der Waals surface area contributed by atoms with Gasteiger partial charge in [-0.3, -0.25) is 4.79 Å². The van der Waals surface area contributed by atoms with Crippen molar-refractivity contribution >= 4 is 32.8 Å². The first-order valence-corrected chi connectivity index (χ1v) is 7.48. The molecule has 1 aromatic heterocycles. The summed E-state index contributed by atoms with van der Waals surface area (Å²) < 4.78 is 3.41. The van der Waals surface area contributed by atoms with Crippen LogP contribution in [0, 0.1) is 5.92 Å². The molecule has 1 saturated carbocycles. The van der Waals surface area contributed by atoms with Gasteiger partial charge < -0.3 is 9.67 Å². The molecule has 1 aromatic carbocycles. The van der Waals surface area contributed by atoms with E-state index in [9.17, 15) is 4.79 Å². The summed E-state index contributed by atoms with van der Waals surface area (Å²) in [5, 5.41) is 10.4. The van der Waals surface area contributed by atoms with Crippen molar-refractivity contribution in [3.8, 4) is 0 Å². The number of nitrogens with zero attached hydrogens (tertiary/aromatic N) is 1. The van der Waals surface area contributed by atoms with E-state index in [1.807, 2.05) is 0 Å². The average molecular weight is 320 g/mol. The Morgan fingerprint density at radius 1 is 1.42 bits per heavy atom. The SMILES string of the molecule is O=C(O)C1CC1c1cn2c3c(cc(Br)cc13)CCC2. The van der Waals surface area contributed by atoms with Gasteiger partial charge in [-0.25, -0.2) is 0 Å². The fourth-order valence-corrected chi connectivity index (χ4v) is 3.94. The quantitative estimate of drug-likeness (QED) is 0.920. The number of aromatic nitrogens is 1. The molecule has 0 saturated heterocycles. The zero-order chi connectivity index (χ0) is 13.1. The van der Waals surface area contributed by atoms with E-state index in [1.54, 1.807) is 0 Å². The molecule has 1 aliphatic heterocycles. The smallest absolute Gasteiger partial charge is 0.307 e. The van der Waals surface area contributed by atoms with Crippen LogP contribution in [0.25, 0.3) is 10.9 Å². The largest absolute Gasteiger partial charge is 0.481 e. The van der Waals surface area contributed by atoms with Gasteiger partial charge in [0.2, 0.25) is 0 Å². The summed E-state index contributed by atoms with van der Waals surface area (Å²) in [4.78, 5) is 11.1. The molecule has 2 heterocycles. The Morgan fingerprint density at radius 2 is 2.26 bits per heavy atom. The number of carboxylic acid groups (broad SMARTS) is 1. The molecule has 1 N–H and O–H groups in total. The van der Waals surface area contributed by atoms with Crippen molar-refractivity contribution in [2.24, 2.45) is 5.92 Å². The van der Waals surface area contributed by atoms with Crippen molar-refractivity contribution in [1.82, 2.24) is 4.57 Å². The van der Waals surface area contributed by atoms with E-state index >= 15 is 0 Å². The van der Waals surface area contributed by atoms with E-state index < -0.39 is 5.97 Å². The van der Waals surface area contributed by atoms with E-state index in [0.29, 0.717) is 0 Å². The molecule has 0 radical (unpaired) electrons. The van der Waals surface area contributed by atoms with Gasteiger partial charge in [0.05, 0.1) is 11.4 Å². The van der Waals surface area contributed by atoms with E-state index in [1.165, 1.54) is 28.5 Å². The number of aryl methyl sites for hydroxylation is 2. The van der Waals surface area contributed by atoms with Crippen LogP contribution in [0.4, 0.5) is 0 Å². The summed E-state index contributed by atoms with van der Waals surface area (Å²) in [5.74, 6) is -0.625. The second-order valence-corrected chi connectivity index (χ2v) is 6.55. The lowest BCUT2D eigenvalue weighted by molar-refractivity contribution is -0.138. The van der Waals surface area contributed by atoms with Crippen LogP contribution in [0.15, 0.2) is 22.8 Å². The fraction of sp³-hybridized carbons (Fsp3) is 0.400. The Kier molecular flexibility index (Phi) is 2.34. The van der Waals surface area contributed by atoms with E-state index in [4.69, 9.17) is 5.11 Å². The summed E-state index contributed by atoms with van der Waals surface area (Å²) in [6.45, 7) is 1.05. The molecule has 0 bridgehead atoms. The Bertz CT molecular complexity index is 704. The Hall–Kier alpha value is -1.29. The third-order valence-corrected chi connectivity index (χ3v) is 4.86. The maximum atomic E-state index is 11.1. The van der Waals surface area contributed by atoms with Crippen LogP contribution in [0.1, 0.15) is 29.9 Å². The molecule has 2 aliphatic rings. The Morgan fingerprint density at radius 3 is 3.00 bits per heavy atom. The fourth-order valence-electron chi connectivity index (χ4n) is 3.43. The van der Waals surface area contributed by atoms with Gasteiger partial charge in [-0.2, -0.15) is 0 Å². The highest BCUT2D eigenvalue weighted by Crippen LogP contribution is 2.51. The second kappa shape index (κ2) is 3.85. The minimum Gasteiger partial charge on any atom is -0.481 e. The summed E-state index contributed by atoms with van der Waals surface area (Å²) in [6, 6.07) is 4.34. The highest BCUT2D eigenvalue weighted by Gasteiger charge is 2.45. The lowest BCUT2D eigenvalue weighted by atomic mass is 10.0. The zero-order valence-corrected chi connectivity index (χ0v) is 12.0. The number of aliphatic carboxylic acids is 1. The highest BCUT2D eigenvalue weighted by atomic mass is 79.9. The Balaban J connectivity index is 1.91. The van der Waals surface area contributed by atoms with Crippen LogP contribution in [-0.2, 0) is 17.8 Å². The molecule has 4 rings (SSSR count). The molecular weight excluding hydrogens is 306 g/mol. The molecule has 0 amide bonds. The molecule has 19 heavy (non-hydrogen) atoms. The lowest BCUT2D eigenvalue weighted by Crippen LogP contribution is -2.06. The summed E-state index contributed by atoms with van der Waals surface area (Å²) in [7, 11) is 0. The van der Waals surface area contributed by atoms with Crippen LogP contribution < -0.4 is 0 Å². The van der Waals surface area contributed by atoms with Gasteiger partial charge in [0.25, 0.3) is 0 Å². The van der Waals surface area contributed by atoms with Crippen molar-refractivity contribution in [3.63, 3.8) is 0 Å². The maximum absolute atomic E-state index is 11.1. The number of hydrogen-bond acceptors (Lipinski definition) is 1. The normalized spacial score (nSPS) is 24.7. The van der Waals surface area contributed by atoms with Crippen molar-refractivity contribution < 1.29 is 9.90 Å². The lowest BCUT2D eigenvalue weighted by Gasteiger charge is -2.15. The maximum Gasteiger partial charge on any atom is 0.307 e. The Labute approximate surface area is 119 Å². The molecule has 2 aromatic rings. The van der Waals surface area contributed by atoms with Crippen LogP contribution in [0.2, 0.25) is 0 Å². The van der Waals surface area contributed by atoms with Crippen LogP contribution in [-0.4, -0.2) is 15.6 Å². The predicted molar refractivity (Wildman–Crippen MR) is 76.4 cm³/mol. The molecule has 2 atom stereocenters. The van der Waals surface area contributed by atoms with Gasteiger partial charge >= 0.3 is 5.97 Å². The molecule has 3 nitrogen and oxygen atoms in total. The minimum atomic E-state index is -0.656. The van der Waals surface area contributed by atoms with Crippen LogP contribution in [0.3, 0.4) is 0 Å². The number of halogens is 1. The minimum absolute atomic E-state index is 0.178. The zero-order valence-electron chi connectivity index (χ0n) is 10.4. The molecule has 1 aliphatic carbocycles. The van der Waals surface area contributed by atoms with E-state index in [0.717, 1.165) is 23.9 Å². The monoisotopic (exact) mass is 319 g/mol.